The fourth-order valence-corrected chi connectivity index (χ4v) is 1.89. The Bertz CT molecular complexity index is 171. The van der Waals surface area contributed by atoms with E-state index < -0.39 is 5.60 Å². The molecule has 3 nitrogen and oxygen atoms in total. The van der Waals surface area contributed by atoms with Crippen LogP contribution in [-0.4, -0.2) is 28.2 Å². The van der Waals surface area contributed by atoms with Crippen LogP contribution in [0.25, 0.3) is 0 Å². The average Bonchev–Trinajstić information content (AvgIpc) is 2.15. The average molecular weight is 186 g/mol. The zero-order valence-electron chi connectivity index (χ0n) is 7.96. The molecule has 0 aliphatic heterocycles. The van der Waals surface area contributed by atoms with Crippen molar-refractivity contribution in [2.75, 3.05) is 6.61 Å². The van der Waals surface area contributed by atoms with Crippen molar-refractivity contribution >= 4 is 5.78 Å². The summed E-state index contributed by atoms with van der Waals surface area (Å²) in [6.07, 6.45) is 5.01. The van der Waals surface area contributed by atoms with Crippen molar-refractivity contribution in [2.45, 2.75) is 50.5 Å². The van der Waals surface area contributed by atoms with Crippen LogP contribution in [-0.2, 0) is 4.79 Å². The molecule has 2 N–H and O–H groups in total. The maximum atomic E-state index is 11.5. The van der Waals surface area contributed by atoms with Crippen LogP contribution in [0.3, 0.4) is 0 Å². The molecule has 1 rings (SSSR count). The van der Waals surface area contributed by atoms with E-state index in [1.165, 1.54) is 0 Å². The normalized spacial score (nSPS) is 21.4. The van der Waals surface area contributed by atoms with Gasteiger partial charge < -0.3 is 10.2 Å². The van der Waals surface area contributed by atoms with Gasteiger partial charge in [0.2, 0.25) is 0 Å². The third-order valence-corrected chi connectivity index (χ3v) is 2.76. The highest BCUT2D eigenvalue weighted by molar-refractivity contribution is 5.87. The molecule has 13 heavy (non-hydrogen) atoms. The first kappa shape index (κ1) is 10.7. The topological polar surface area (TPSA) is 57.5 Å². The van der Waals surface area contributed by atoms with E-state index in [2.05, 4.69) is 0 Å². The van der Waals surface area contributed by atoms with Gasteiger partial charge in [-0.3, -0.25) is 4.79 Å². The standard InChI is InChI=1S/C10H18O3/c11-8-4-5-9(12)10(13)6-2-1-3-7-10/h11,13H,1-8H2. The summed E-state index contributed by atoms with van der Waals surface area (Å²) >= 11 is 0. The van der Waals surface area contributed by atoms with E-state index in [-0.39, 0.29) is 12.4 Å². The van der Waals surface area contributed by atoms with Gasteiger partial charge in [0.15, 0.2) is 5.78 Å². The van der Waals surface area contributed by atoms with Crippen LogP contribution in [0, 0.1) is 0 Å². The minimum atomic E-state index is -1.06. The fourth-order valence-electron chi connectivity index (χ4n) is 1.89. The summed E-state index contributed by atoms with van der Waals surface area (Å²) in [5.74, 6) is -0.0822. The third-order valence-electron chi connectivity index (χ3n) is 2.76. The molecular formula is C10H18O3. The number of hydrogen-bond donors (Lipinski definition) is 2. The Morgan fingerprint density at radius 1 is 1.23 bits per heavy atom. The van der Waals surface area contributed by atoms with Gasteiger partial charge in [0.05, 0.1) is 0 Å². The second-order valence-electron chi connectivity index (χ2n) is 3.84. The Kier molecular flexibility index (Phi) is 3.88. The van der Waals surface area contributed by atoms with Crippen LogP contribution >= 0.6 is 0 Å². The highest BCUT2D eigenvalue weighted by atomic mass is 16.3. The molecule has 0 amide bonds. The van der Waals surface area contributed by atoms with Crippen LogP contribution in [0.2, 0.25) is 0 Å². The van der Waals surface area contributed by atoms with E-state index in [0.29, 0.717) is 25.7 Å². The number of carbonyl (C=O) groups excluding carboxylic acids is 1. The van der Waals surface area contributed by atoms with Crippen molar-refractivity contribution in [2.24, 2.45) is 0 Å². The maximum absolute atomic E-state index is 11.5. The molecule has 76 valence electrons. The summed E-state index contributed by atoms with van der Waals surface area (Å²) in [5, 5.41) is 18.5. The first-order valence-electron chi connectivity index (χ1n) is 5.05. The predicted molar refractivity (Wildman–Crippen MR) is 49.4 cm³/mol. The first-order valence-corrected chi connectivity index (χ1v) is 5.05. The number of aliphatic hydroxyl groups is 2. The number of Topliss-reactive ketones (excluding diaryl/α,β-unsaturated/α-hetero) is 1. The van der Waals surface area contributed by atoms with Gasteiger partial charge in [0, 0.05) is 13.0 Å². The number of rotatable bonds is 4. The van der Waals surface area contributed by atoms with Crippen LogP contribution in [0.15, 0.2) is 0 Å². The Labute approximate surface area is 78.8 Å². The van der Waals surface area contributed by atoms with Crippen LogP contribution in [0.4, 0.5) is 0 Å². The van der Waals surface area contributed by atoms with Crippen LogP contribution in [0.5, 0.6) is 0 Å². The molecule has 0 atom stereocenters. The zero-order chi connectivity index (χ0) is 9.73. The molecule has 0 bridgehead atoms. The second-order valence-corrected chi connectivity index (χ2v) is 3.84. The van der Waals surface area contributed by atoms with Crippen molar-refractivity contribution in [3.63, 3.8) is 0 Å². The zero-order valence-corrected chi connectivity index (χ0v) is 7.96. The van der Waals surface area contributed by atoms with E-state index in [9.17, 15) is 9.90 Å². The first-order chi connectivity index (χ1) is 6.19. The summed E-state index contributed by atoms with van der Waals surface area (Å²) < 4.78 is 0. The lowest BCUT2D eigenvalue weighted by atomic mass is 9.80. The van der Waals surface area contributed by atoms with Crippen molar-refractivity contribution in [3.05, 3.63) is 0 Å². The maximum Gasteiger partial charge on any atom is 0.164 e. The molecule has 0 unspecified atom stereocenters. The molecular weight excluding hydrogens is 168 g/mol. The summed E-state index contributed by atoms with van der Waals surface area (Å²) in [6.45, 7) is 0.0296. The fraction of sp³-hybridized carbons (Fsp3) is 0.900. The van der Waals surface area contributed by atoms with E-state index in [1.807, 2.05) is 0 Å². The lowest BCUT2D eigenvalue weighted by Crippen LogP contribution is -2.40. The van der Waals surface area contributed by atoms with Crippen LogP contribution in [0.1, 0.15) is 44.9 Å². The molecule has 3 heteroatoms. The summed E-state index contributed by atoms with van der Waals surface area (Å²) in [6, 6.07) is 0. The molecule has 0 aromatic carbocycles. The molecule has 1 fully saturated rings. The molecule has 1 aliphatic rings. The molecule has 1 aliphatic carbocycles. The van der Waals surface area contributed by atoms with Crippen molar-refractivity contribution in [1.82, 2.24) is 0 Å². The molecule has 0 aromatic rings. The number of carbonyl (C=O) groups is 1. The summed E-state index contributed by atoms with van der Waals surface area (Å²) in [5.41, 5.74) is -1.06. The minimum absolute atomic E-state index is 0.0296. The number of aliphatic hydroxyl groups excluding tert-OH is 1. The molecule has 0 aromatic heterocycles. The van der Waals surface area contributed by atoms with Gasteiger partial charge in [0.1, 0.15) is 5.60 Å². The monoisotopic (exact) mass is 186 g/mol. The number of hydrogen-bond acceptors (Lipinski definition) is 3. The van der Waals surface area contributed by atoms with Gasteiger partial charge in [-0.1, -0.05) is 19.3 Å². The van der Waals surface area contributed by atoms with Gasteiger partial charge in [0.25, 0.3) is 0 Å². The van der Waals surface area contributed by atoms with Gasteiger partial charge >= 0.3 is 0 Å². The molecule has 1 saturated carbocycles. The van der Waals surface area contributed by atoms with Crippen molar-refractivity contribution in [1.29, 1.82) is 0 Å². The van der Waals surface area contributed by atoms with Gasteiger partial charge in [-0.25, -0.2) is 0 Å². The Hall–Kier alpha value is -0.410. The van der Waals surface area contributed by atoms with E-state index in [0.717, 1.165) is 19.3 Å². The molecule has 0 spiro atoms. The highest BCUT2D eigenvalue weighted by Gasteiger charge is 2.35. The molecule has 0 heterocycles. The predicted octanol–water partition coefficient (Wildman–Crippen LogP) is 1.02. The largest absolute Gasteiger partial charge is 0.396 e. The van der Waals surface area contributed by atoms with Gasteiger partial charge in [-0.05, 0) is 19.3 Å². The summed E-state index contributed by atoms with van der Waals surface area (Å²) in [7, 11) is 0. The third kappa shape index (κ3) is 2.78. The van der Waals surface area contributed by atoms with Crippen LogP contribution < -0.4 is 0 Å². The van der Waals surface area contributed by atoms with Crippen molar-refractivity contribution in [3.8, 4) is 0 Å². The van der Waals surface area contributed by atoms with Gasteiger partial charge in [-0.15, -0.1) is 0 Å². The molecule has 0 saturated heterocycles. The lowest BCUT2D eigenvalue weighted by Gasteiger charge is -2.30. The SMILES string of the molecule is O=C(CCCO)C1(O)CCCCC1. The lowest BCUT2D eigenvalue weighted by molar-refractivity contribution is -0.140. The summed E-state index contributed by atoms with van der Waals surface area (Å²) in [4.78, 5) is 11.5. The Balaban J connectivity index is 2.42. The second kappa shape index (κ2) is 4.72. The minimum Gasteiger partial charge on any atom is -0.396 e. The van der Waals surface area contributed by atoms with E-state index in [4.69, 9.17) is 5.11 Å². The quantitative estimate of drug-likeness (QED) is 0.689. The Morgan fingerprint density at radius 2 is 1.85 bits per heavy atom. The molecule has 0 radical (unpaired) electrons. The highest BCUT2D eigenvalue weighted by Crippen LogP contribution is 2.29. The smallest absolute Gasteiger partial charge is 0.164 e. The Morgan fingerprint density at radius 3 is 2.38 bits per heavy atom. The van der Waals surface area contributed by atoms with E-state index in [1.54, 1.807) is 0 Å². The van der Waals surface area contributed by atoms with Gasteiger partial charge in [-0.2, -0.15) is 0 Å². The van der Waals surface area contributed by atoms with E-state index >= 15 is 0 Å². The van der Waals surface area contributed by atoms with Crippen molar-refractivity contribution < 1.29 is 15.0 Å². The number of ketones is 1.